The van der Waals surface area contributed by atoms with Gasteiger partial charge >= 0.3 is 6.18 Å². The Hall–Kier alpha value is -2.33. The molecule has 1 saturated heterocycles. The molecular formula is C21H25F3N2O4S. The van der Waals surface area contributed by atoms with Gasteiger partial charge in [0.25, 0.3) is 0 Å². The molecule has 0 saturated carbocycles. The predicted octanol–water partition coefficient (Wildman–Crippen LogP) is 3.89. The van der Waals surface area contributed by atoms with Crippen LogP contribution in [0.2, 0.25) is 0 Å². The molecule has 0 spiro atoms. The molecule has 2 aromatic rings. The van der Waals surface area contributed by atoms with Gasteiger partial charge < -0.3 is 9.32 Å². The highest BCUT2D eigenvalue weighted by Crippen LogP contribution is 2.28. The largest absolute Gasteiger partial charge is 0.467 e. The molecule has 170 valence electrons. The normalized spacial score (nSPS) is 16.4. The Labute approximate surface area is 179 Å². The van der Waals surface area contributed by atoms with Crippen LogP contribution in [-0.4, -0.2) is 49.3 Å². The zero-order chi connectivity index (χ0) is 22.8. The van der Waals surface area contributed by atoms with Crippen LogP contribution in [-0.2, 0) is 21.4 Å². The van der Waals surface area contributed by atoms with Crippen LogP contribution in [0.4, 0.5) is 13.2 Å². The van der Waals surface area contributed by atoms with Crippen molar-refractivity contribution < 1.29 is 30.8 Å². The van der Waals surface area contributed by atoms with Crippen molar-refractivity contribution in [1.29, 1.82) is 0 Å². The number of furan rings is 1. The van der Waals surface area contributed by atoms with Gasteiger partial charge in [0, 0.05) is 19.0 Å². The third-order valence-electron chi connectivity index (χ3n) is 5.53. The van der Waals surface area contributed by atoms with E-state index in [4.69, 9.17) is 4.42 Å². The third-order valence-corrected chi connectivity index (χ3v) is 7.42. The van der Waals surface area contributed by atoms with Gasteiger partial charge in [0.2, 0.25) is 15.9 Å². The molecule has 0 N–H and O–H groups in total. The number of carbonyl (C=O) groups excluding carboxylic acids is 1. The molecule has 0 bridgehead atoms. The maximum Gasteiger partial charge on any atom is 0.406 e. The molecule has 1 aliphatic heterocycles. The number of rotatable bonds is 6. The molecule has 0 unspecified atom stereocenters. The Morgan fingerprint density at radius 1 is 1.16 bits per heavy atom. The molecular weight excluding hydrogens is 433 g/mol. The van der Waals surface area contributed by atoms with E-state index < -0.39 is 34.6 Å². The maximum atomic E-state index is 13.0. The number of alkyl halides is 3. The number of benzene rings is 1. The van der Waals surface area contributed by atoms with Gasteiger partial charge in [-0.1, -0.05) is 6.07 Å². The Morgan fingerprint density at radius 3 is 2.39 bits per heavy atom. The Kier molecular flexibility index (Phi) is 6.80. The highest BCUT2D eigenvalue weighted by Gasteiger charge is 2.38. The van der Waals surface area contributed by atoms with Crippen molar-refractivity contribution in [2.24, 2.45) is 5.92 Å². The molecule has 1 fully saturated rings. The Bertz CT molecular complexity index is 1010. The second-order valence-corrected chi connectivity index (χ2v) is 9.75. The van der Waals surface area contributed by atoms with Crippen LogP contribution in [0.3, 0.4) is 0 Å². The summed E-state index contributed by atoms with van der Waals surface area (Å²) in [5.41, 5.74) is 1.83. The smallest absolute Gasteiger partial charge is 0.406 e. The van der Waals surface area contributed by atoms with Gasteiger partial charge in [-0.3, -0.25) is 4.79 Å². The van der Waals surface area contributed by atoms with Crippen molar-refractivity contribution in [3.8, 4) is 0 Å². The summed E-state index contributed by atoms with van der Waals surface area (Å²) < 4.78 is 71.3. The highest BCUT2D eigenvalue weighted by molar-refractivity contribution is 7.89. The van der Waals surface area contributed by atoms with E-state index >= 15 is 0 Å². The van der Waals surface area contributed by atoms with Crippen LogP contribution in [0.25, 0.3) is 0 Å². The Morgan fingerprint density at radius 2 is 1.84 bits per heavy atom. The number of halogens is 3. The van der Waals surface area contributed by atoms with Crippen molar-refractivity contribution in [2.75, 3.05) is 19.6 Å². The third kappa shape index (κ3) is 5.68. The lowest BCUT2D eigenvalue weighted by molar-refractivity contribution is -0.166. The molecule has 0 radical (unpaired) electrons. The lowest BCUT2D eigenvalue weighted by atomic mass is 9.96. The van der Waals surface area contributed by atoms with Crippen molar-refractivity contribution in [3.63, 3.8) is 0 Å². The minimum Gasteiger partial charge on any atom is -0.467 e. The van der Waals surface area contributed by atoms with Gasteiger partial charge in [0.05, 0.1) is 17.7 Å². The van der Waals surface area contributed by atoms with Crippen LogP contribution in [0.1, 0.15) is 29.7 Å². The van der Waals surface area contributed by atoms with Crippen LogP contribution in [0.5, 0.6) is 0 Å². The van der Waals surface area contributed by atoms with Crippen molar-refractivity contribution in [1.82, 2.24) is 9.21 Å². The van der Waals surface area contributed by atoms with E-state index in [0.717, 1.165) is 16.0 Å². The van der Waals surface area contributed by atoms with E-state index in [1.165, 1.54) is 16.6 Å². The van der Waals surface area contributed by atoms with E-state index in [9.17, 15) is 26.4 Å². The first kappa shape index (κ1) is 23.3. The average Bonchev–Trinajstić information content (AvgIpc) is 3.21. The molecule has 0 atom stereocenters. The molecule has 6 nitrogen and oxygen atoms in total. The van der Waals surface area contributed by atoms with Gasteiger partial charge in [-0.25, -0.2) is 8.42 Å². The van der Waals surface area contributed by atoms with Crippen molar-refractivity contribution in [2.45, 2.75) is 44.3 Å². The predicted molar refractivity (Wildman–Crippen MR) is 108 cm³/mol. The summed E-state index contributed by atoms with van der Waals surface area (Å²) in [5.74, 6) is -1.06. The number of hydrogen-bond acceptors (Lipinski definition) is 4. The summed E-state index contributed by atoms with van der Waals surface area (Å²) in [6.07, 6.45) is -2.89. The summed E-state index contributed by atoms with van der Waals surface area (Å²) in [7, 11) is -3.73. The SMILES string of the molecule is Cc1ccc(S(=O)(=O)N2CCC(C(=O)N(Cc3ccco3)CC(F)(F)F)CC2)cc1C. The summed E-state index contributed by atoms with van der Waals surface area (Å²) >= 11 is 0. The number of piperidine rings is 1. The fourth-order valence-electron chi connectivity index (χ4n) is 3.64. The van der Waals surface area contributed by atoms with Crippen LogP contribution in [0, 0.1) is 19.8 Å². The van der Waals surface area contributed by atoms with Crippen molar-refractivity contribution >= 4 is 15.9 Å². The number of aryl methyl sites for hydroxylation is 2. The van der Waals surface area contributed by atoms with E-state index in [2.05, 4.69) is 0 Å². The van der Waals surface area contributed by atoms with E-state index in [1.54, 1.807) is 24.3 Å². The van der Waals surface area contributed by atoms with E-state index in [0.29, 0.717) is 0 Å². The van der Waals surface area contributed by atoms with E-state index in [1.807, 2.05) is 13.8 Å². The average molecular weight is 459 g/mol. The molecule has 1 aromatic heterocycles. The van der Waals surface area contributed by atoms with Crippen LogP contribution < -0.4 is 0 Å². The molecule has 2 heterocycles. The minimum absolute atomic E-state index is 0.0757. The number of nitrogens with zero attached hydrogens (tertiary/aromatic N) is 2. The van der Waals surface area contributed by atoms with Gasteiger partial charge in [0.15, 0.2) is 0 Å². The number of amides is 1. The monoisotopic (exact) mass is 458 g/mol. The fourth-order valence-corrected chi connectivity index (χ4v) is 5.20. The summed E-state index contributed by atoms with van der Waals surface area (Å²) in [4.78, 5) is 13.7. The van der Waals surface area contributed by atoms with Crippen molar-refractivity contribution in [3.05, 3.63) is 53.5 Å². The first-order chi connectivity index (χ1) is 14.5. The minimum atomic E-state index is -4.55. The van der Waals surface area contributed by atoms with Crippen LogP contribution in [0.15, 0.2) is 45.9 Å². The second kappa shape index (κ2) is 9.04. The Balaban J connectivity index is 1.69. The molecule has 31 heavy (non-hydrogen) atoms. The number of carbonyl (C=O) groups is 1. The molecule has 0 aliphatic carbocycles. The quantitative estimate of drug-likeness (QED) is 0.659. The zero-order valence-electron chi connectivity index (χ0n) is 17.4. The molecule has 1 aromatic carbocycles. The van der Waals surface area contributed by atoms with Gasteiger partial charge in [-0.05, 0) is 62.1 Å². The van der Waals surface area contributed by atoms with Gasteiger partial charge in [0.1, 0.15) is 12.3 Å². The topological polar surface area (TPSA) is 70.8 Å². The summed E-state index contributed by atoms with van der Waals surface area (Å²) in [6.45, 7) is 2.20. The van der Waals surface area contributed by atoms with Crippen LogP contribution >= 0.6 is 0 Å². The van der Waals surface area contributed by atoms with E-state index in [-0.39, 0.29) is 43.1 Å². The zero-order valence-corrected chi connectivity index (χ0v) is 18.2. The summed E-state index contributed by atoms with van der Waals surface area (Å²) in [5, 5.41) is 0. The van der Waals surface area contributed by atoms with Gasteiger partial charge in [-0.2, -0.15) is 17.5 Å². The molecule has 3 rings (SSSR count). The number of hydrogen-bond donors (Lipinski definition) is 0. The number of sulfonamides is 1. The molecule has 1 aliphatic rings. The van der Waals surface area contributed by atoms with Gasteiger partial charge in [-0.15, -0.1) is 0 Å². The lowest BCUT2D eigenvalue weighted by Gasteiger charge is -2.33. The second-order valence-electron chi connectivity index (χ2n) is 7.81. The first-order valence-corrected chi connectivity index (χ1v) is 11.4. The fraction of sp³-hybridized carbons (Fsp3) is 0.476. The molecule has 10 heteroatoms. The first-order valence-electron chi connectivity index (χ1n) is 9.93. The molecule has 1 amide bonds. The lowest BCUT2D eigenvalue weighted by Crippen LogP contribution is -2.46. The highest BCUT2D eigenvalue weighted by atomic mass is 32.2. The maximum absolute atomic E-state index is 13.0. The summed E-state index contributed by atoms with van der Waals surface area (Å²) in [6, 6.07) is 7.94. The standard InChI is InChI=1S/C21H25F3N2O4S/c1-15-5-6-19(12-16(15)2)31(28,29)26-9-7-17(8-10-26)20(27)25(14-21(22,23)24)13-18-4-3-11-30-18/h3-6,11-12,17H,7-10,13-14H2,1-2H3.